The van der Waals surface area contributed by atoms with Gasteiger partial charge in [0.05, 0.1) is 0 Å². The molecule has 0 atom stereocenters. The largest absolute Gasteiger partial charge is 0.308 e. The first-order chi connectivity index (χ1) is 7.80. The van der Waals surface area contributed by atoms with Crippen LogP contribution in [0, 0.1) is 6.92 Å². The predicted octanol–water partition coefficient (Wildman–Crippen LogP) is 2.72. The lowest BCUT2D eigenvalue weighted by Crippen LogP contribution is -2.35. The van der Waals surface area contributed by atoms with E-state index in [2.05, 4.69) is 49.9 Å². The molecule has 17 heavy (non-hydrogen) atoms. The second-order valence-electron chi connectivity index (χ2n) is 6.47. The second kappa shape index (κ2) is 4.05. The summed E-state index contributed by atoms with van der Waals surface area (Å²) in [6, 6.07) is 0. The minimum absolute atomic E-state index is 0.133. The van der Waals surface area contributed by atoms with Gasteiger partial charge in [0.15, 0.2) is 0 Å². The van der Waals surface area contributed by atoms with Crippen molar-refractivity contribution in [3.05, 3.63) is 23.3 Å². The molecule has 0 bridgehead atoms. The number of rotatable bonds is 3. The summed E-state index contributed by atoms with van der Waals surface area (Å²) >= 11 is 0. The number of nitrogens with zero attached hydrogens (tertiary/aromatic N) is 2. The molecule has 1 N–H and O–H groups in total. The average molecular weight is 233 g/mol. The Morgan fingerprint density at radius 2 is 2.00 bits per heavy atom. The summed E-state index contributed by atoms with van der Waals surface area (Å²) < 4.78 is 0. The van der Waals surface area contributed by atoms with E-state index in [-0.39, 0.29) is 11.0 Å². The van der Waals surface area contributed by atoms with Crippen molar-refractivity contribution in [2.75, 3.05) is 0 Å². The molecule has 3 nitrogen and oxygen atoms in total. The molecular weight excluding hydrogens is 210 g/mol. The van der Waals surface area contributed by atoms with Gasteiger partial charge < -0.3 is 5.32 Å². The molecule has 2 rings (SSSR count). The van der Waals surface area contributed by atoms with Crippen LogP contribution in [0.25, 0.3) is 0 Å². The highest BCUT2D eigenvalue weighted by Gasteiger charge is 2.42. The minimum Gasteiger partial charge on any atom is -0.308 e. The monoisotopic (exact) mass is 233 g/mol. The van der Waals surface area contributed by atoms with Crippen LogP contribution in [0.3, 0.4) is 0 Å². The fraction of sp³-hybridized carbons (Fsp3) is 0.714. The van der Waals surface area contributed by atoms with Crippen LogP contribution in [0.1, 0.15) is 57.6 Å². The number of hydrogen-bond donors (Lipinski definition) is 1. The third kappa shape index (κ3) is 3.03. The zero-order valence-electron chi connectivity index (χ0n) is 11.6. The molecular formula is C14H23N3. The van der Waals surface area contributed by atoms with E-state index in [4.69, 9.17) is 0 Å². The smallest absolute Gasteiger partial charge is 0.134 e. The van der Waals surface area contributed by atoms with Crippen molar-refractivity contribution in [1.29, 1.82) is 0 Å². The first-order valence-electron chi connectivity index (χ1n) is 6.38. The van der Waals surface area contributed by atoms with Gasteiger partial charge in [0, 0.05) is 35.0 Å². The van der Waals surface area contributed by atoms with Crippen molar-refractivity contribution >= 4 is 0 Å². The van der Waals surface area contributed by atoms with Crippen LogP contribution in [-0.2, 0) is 12.0 Å². The van der Waals surface area contributed by atoms with Gasteiger partial charge in [0.25, 0.3) is 0 Å². The molecule has 0 spiro atoms. The summed E-state index contributed by atoms with van der Waals surface area (Å²) in [4.78, 5) is 9.18. The van der Waals surface area contributed by atoms with Crippen molar-refractivity contribution in [3.63, 3.8) is 0 Å². The van der Waals surface area contributed by atoms with Crippen molar-refractivity contribution in [2.45, 2.75) is 65.0 Å². The maximum atomic E-state index is 4.66. The van der Waals surface area contributed by atoms with Gasteiger partial charge >= 0.3 is 0 Å². The van der Waals surface area contributed by atoms with Crippen molar-refractivity contribution in [2.24, 2.45) is 0 Å². The SMILES string of the molecule is Cc1nc(C2(C)CC2)ncc1CNC(C)(C)C. The maximum absolute atomic E-state index is 4.66. The van der Waals surface area contributed by atoms with Crippen LogP contribution < -0.4 is 5.32 Å². The highest BCUT2D eigenvalue weighted by molar-refractivity contribution is 5.22. The third-order valence-corrected chi connectivity index (χ3v) is 3.43. The lowest BCUT2D eigenvalue weighted by atomic mass is 10.1. The standard InChI is InChI=1S/C14H23N3/c1-10-11(9-16-13(2,3)4)8-15-12(17-10)14(5)6-7-14/h8,16H,6-7,9H2,1-5H3. The summed E-state index contributed by atoms with van der Waals surface area (Å²) in [5.74, 6) is 1.02. The zero-order chi connectivity index (χ0) is 12.7. The van der Waals surface area contributed by atoms with Crippen molar-refractivity contribution in [3.8, 4) is 0 Å². The van der Waals surface area contributed by atoms with Crippen LogP contribution in [0.2, 0.25) is 0 Å². The molecule has 3 heteroatoms. The molecule has 0 saturated heterocycles. The molecule has 0 aromatic carbocycles. The molecule has 94 valence electrons. The van der Waals surface area contributed by atoms with E-state index in [1.54, 1.807) is 0 Å². The predicted molar refractivity (Wildman–Crippen MR) is 69.9 cm³/mol. The quantitative estimate of drug-likeness (QED) is 0.872. The molecule has 1 saturated carbocycles. The first-order valence-corrected chi connectivity index (χ1v) is 6.38. The molecule has 0 amide bonds. The Hall–Kier alpha value is -0.960. The fourth-order valence-corrected chi connectivity index (χ4v) is 1.73. The van der Waals surface area contributed by atoms with E-state index in [1.165, 1.54) is 18.4 Å². The Morgan fingerprint density at radius 3 is 2.47 bits per heavy atom. The lowest BCUT2D eigenvalue weighted by Gasteiger charge is -2.21. The van der Waals surface area contributed by atoms with E-state index in [0.717, 1.165) is 18.1 Å². The van der Waals surface area contributed by atoms with Gasteiger partial charge in [-0.25, -0.2) is 9.97 Å². The maximum Gasteiger partial charge on any atom is 0.134 e. The van der Waals surface area contributed by atoms with Gasteiger partial charge in [-0.05, 0) is 40.5 Å². The topological polar surface area (TPSA) is 37.8 Å². The van der Waals surface area contributed by atoms with Crippen LogP contribution in [0.15, 0.2) is 6.20 Å². The molecule has 1 aliphatic carbocycles. The summed E-state index contributed by atoms with van der Waals surface area (Å²) in [6.07, 6.45) is 4.44. The molecule has 1 aliphatic rings. The molecule has 0 unspecified atom stereocenters. The normalized spacial score (nSPS) is 18.2. The second-order valence-corrected chi connectivity index (χ2v) is 6.47. The zero-order valence-corrected chi connectivity index (χ0v) is 11.6. The average Bonchev–Trinajstić information content (AvgIpc) is 2.94. The molecule has 0 aliphatic heterocycles. The Balaban J connectivity index is 2.09. The Kier molecular flexibility index (Phi) is 2.98. The lowest BCUT2D eigenvalue weighted by molar-refractivity contribution is 0.422. The van der Waals surface area contributed by atoms with Gasteiger partial charge in [0.1, 0.15) is 5.82 Å². The highest BCUT2D eigenvalue weighted by atomic mass is 15.0. The molecule has 1 fully saturated rings. The van der Waals surface area contributed by atoms with E-state index < -0.39 is 0 Å². The molecule has 1 aromatic heterocycles. The van der Waals surface area contributed by atoms with Crippen LogP contribution in [0.5, 0.6) is 0 Å². The number of nitrogens with one attached hydrogen (secondary N) is 1. The summed E-state index contributed by atoms with van der Waals surface area (Å²) in [6.45, 7) is 11.7. The number of aryl methyl sites for hydroxylation is 1. The molecule has 1 heterocycles. The molecule has 1 aromatic rings. The molecule has 0 radical (unpaired) electrons. The number of aromatic nitrogens is 2. The highest BCUT2D eigenvalue weighted by Crippen LogP contribution is 2.45. The van der Waals surface area contributed by atoms with Gasteiger partial charge in [-0.15, -0.1) is 0 Å². The van der Waals surface area contributed by atoms with Gasteiger partial charge in [-0.3, -0.25) is 0 Å². The van der Waals surface area contributed by atoms with Crippen LogP contribution in [-0.4, -0.2) is 15.5 Å². The number of hydrogen-bond acceptors (Lipinski definition) is 3. The Labute approximate surface area is 104 Å². The van der Waals surface area contributed by atoms with E-state index in [1.807, 2.05) is 6.20 Å². The Bertz CT molecular complexity index is 414. The van der Waals surface area contributed by atoms with Gasteiger partial charge in [0.2, 0.25) is 0 Å². The van der Waals surface area contributed by atoms with Crippen molar-refractivity contribution in [1.82, 2.24) is 15.3 Å². The van der Waals surface area contributed by atoms with Crippen LogP contribution in [0.4, 0.5) is 0 Å². The van der Waals surface area contributed by atoms with Gasteiger partial charge in [-0.2, -0.15) is 0 Å². The third-order valence-electron chi connectivity index (χ3n) is 3.43. The van der Waals surface area contributed by atoms with E-state index in [0.29, 0.717) is 0 Å². The Morgan fingerprint density at radius 1 is 1.35 bits per heavy atom. The van der Waals surface area contributed by atoms with E-state index >= 15 is 0 Å². The summed E-state index contributed by atoms with van der Waals surface area (Å²) in [7, 11) is 0. The minimum atomic E-state index is 0.133. The van der Waals surface area contributed by atoms with Gasteiger partial charge in [-0.1, -0.05) is 6.92 Å². The van der Waals surface area contributed by atoms with Crippen LogP contribution >= 0.6 is 0 Å². The van der Waals surface area contributed by atoms with Crippen molar-refractivity contribution < 1.29 is 0 Å². The fourth-order valence-electron chi connectivity index (χ4n) is 1.73. The van der Waals surface area contributed by atoms with E-state index in [9.17, 15) is 0 Å². The summed E-state index contributed by atoms with van der Waals surface area (Å²) in [5, 5.41) is 3.47. The first kappa shape index (κ1) is 12.5. The summed E-state index contributed by atoms with van der Waals surface area (Å²) in [5.41, 5.74) is 2.71.